The molecule has 1 saturated heterocycles. The largest absolute Gasteiger partial charge is 0.360 e. The van der Waals surface area contributed by atoms with Gasteiger partial charge >= 0.3 is 0 Å². The molecule has 30 heavy (non-hydrogen) atoms. The van der Waals surface area contributed by atoms with Crippen molar-refractivity contribution in [2.75, 3.05) is 13.1 Å². The number of hydrogen-bond donors (Lipinski definition) is 1. The molecule has 4 heterocycles. The smallest absolute Gasteiger partial charge is 0.143 e. The van der Waals surface area contributed by atoms with Crippen molar-refractivity contribution in [2.24, 2.45) is 0 Å². The Morgan fingerprint density at radius 2 is 1.97 bits per heavy atom. The lowest BCUT2D eigenvalue weighted by Gasteiger charge is -2.30. The number of aryl methyl sites for hydroxylation is 2. The molecule has 0 bridgehead atoms. The van der Waals surface area contributed by atoms with E-state index in [0.717, 1.165) is 66.4 Å². The second-order valence-corrected chi connectivity index (χ2v) is 8.81. The Labute approximate surface area is 180 Å². The number of imidazole rings is 1. The van der Waals surface area contributed by atoms with E-state index < -0.39 is 0 Å². The second-order valence-electron chi connectivity index (χ2n) is 7.92. The predicted octanol–water partition coefficient (Wildman–Crippen LogP) is 5.18. The summed E-state index contributed by atoms with van der Waals surface area (Å²) in [5, 5.41) is 7.69. The van der Waals surface area contributed by atoms with Crippen molar-refractivity contribution < 1.29 is 4.52 Å². The number of piperidine rings is 1. The molecule has 0 radical (unpaired) electrons. The van der Waals surface area contributed by atoms with Gasteiger partial charge < -0.3 is 9.51 Å². The molecule has 4 aromatic rings. The molecule has 6 nitrogen and oxygen atoms in total. The van der Waals surface area contributed by atoms with E-state index in [9.17, 15) is 0 Å². The van der Waals surface area contributed by atoms with Gasteiger partial charge in [0.1, 0.15) is 11.5 Å². The maximum absolute atomic E-state index is 5.53. The molecule has 1 N–H and O–H groups in total. The van der Waals surface area contributed by atoms with E-state index in [1.54, 1.807) is 17.7 Å². The fourth-order valence-corrected chi connectivity index (χ4v) is 5.14. The summed E-state index contributed by atoms with van der Waals surface area (Å²) < 4.78 is 5.53. The summed E-state index contributed by atoms with van der Waals surface area (Å²) in [4.78, 5) is 15.1. The highest BCUT2D eigenvalue weighted by atomic mass is 32.1. The Bertz CT molecular complexity index is 1120. The van der Waals surface area contributed by atoms with Crippen molar-refractivity contribution in [1.82, 2.24) is 25.0 Å². The van der Waals surface area contributed by atoms with Crippen LogP contribution < -0.4 is 0 Å². The summed E-state index contributed by atoms with van der Waals surface area (Å²) in [6.07, 6.45) is 4.04. The highest BCUT2D eigenvalue weighted by Gasteiger charge is 2.25. The van der Waals surface area contributed by atoms with Crippen LogP contribution in [0.1, 0.15) is 40.9 Å². The van der Waals surface area contributed by atoms with Gasteiger partial charge in [0.15, 0.2) is 0 Å². The first-order valence-corrected chi connectivity index (χ1v) is 11.3. The molecule has 0 saturated carbocycles. The average molecular weight is 420 g/mol. The van der Waals surface area contributed by atoms with Crippen LogP contribution in [0, 0.1) is 13.8 Å². The molecule has 0 unspecified atom stereocenters. The van der Waals surface area contributed by atoms with Crippen LogP contribution in [0.3, 0.4) is 0 Å². The van der Waals surface area contributed by atoms with Gasteiger partial charge in [0.05, 0.1) is 28.3 Å². The summed E-state index contributed by atoms with van der Waals surface area (Å²) in [5.74, 6) is 1.33. The number of nitrogens with one attached hydrogen (secondary N) is 1. The van der Waals surface area contributed by atoms with E-state index in [2.05, 4.69) is 44.5 Å². The Morgan fingerprint density at radius 3 is 2.70 bits per heavy atom. The second kappa shape index (κ2) is 8.16. The number of aromatic amines is 1. The van der Waals surface area contributed by atoms with Crippen LogP contribution in [0.2, 0.25) is 0 Å². The Balaban J connectivity index is 1.30. The lowest BCUT2D eigenvalue weighted by atomic mass is 9.97. The third-order valence-electron chi connectivity index (χ3n) is 5.93. The van der Waals surface area contributed by atoms with E-state index in [0.29, 0.717) is 5.92 Å². The minimum absolute atomic E-state index is 0.514. The summed E-state index contributed by atoms with van der Waals surface area (Å²) in [6.45, 7) is 7.12. The summed E-state index contributed by atoms with van der Waals surface area (Å²) >= 11 is 1.76. The van der Waals surface area contributed by atoms with Crippen LogP contribution in [0.5, 0.6) is 0 Å². The monoisotopic (exact) mass is 419 g/mol. The molecule has 1 aromatic carbocycles. The van der Waals surface area contributed by atoms with E-state index >= 15 is 0 Å². The van der Waals surface area contributed by atoms with Gasteiger partial charge in [-0.15, -0.1) is 11.3 Å². The van der Waals surface area contributed by atoms with Gasteiger partial charge in [0.25, 0.3) is 0 Å². The summed E-state index contributed by atoms with van der Waals surface area (Å²) in [7, 11) is 0. The van der Waals surface area contributed by atoms with Crippen LogP contribution in [-0.2, 0) is 6.54 Å². The van der Waals surface area contributed by atoms with Gasteiger partial charge in [-0.2, -0.15) is 0 Å². The zero-order valence-corrected chi connectivity index (χ0v) is 18.1. The van der Waals surface area contributed by atoms with Crippen molar-refractivity contribution in [3.8, 4) is 22.5 Å². The molecular formula is C23H25N5OS. The lowest BCUT2D eigenvalue weighted by molar-refractivity contribution is 0.202. The van der Waals surface area contributed by atoms with Gasteiger partial charge in [-0.05, 0) is 39.8 Å². The quantitative estimate of drug-likeness (QED) is 0.482. The maximum Gasteiger partial charge on any atom is 0.143 e. The number of rotatable bonds is 5. The number of aromatic nitrogens is 4. The van der Waals surface area contributed by atoms with Crippen LogP contribution in [0.4, 0.5) is 0 Å². The molecule has 7 heteroatoms. The number of benzene rings is 1. The minimum Gasteiger partial charge on any atom is -0.360 e. The Hall–Kier alpha value is -2.77. The molecular weight excluding hydrogens is 394 g/mol. The fourth-order valence-electron chi connectivity index (χ4n) is 4.15. The topological polar surface area (TPSA) is 70.8 Å². The third kappa shape index (κ3) is 3.70. The van der Waals surface area contributed by atoms with Gasteiger partial charge in [-0.25, -0.2) is 9.97 Å². The molecule has 0 spiro atoms. The number of hydrogen-bond acceptors (Lipinski definition) is 6. The molecule has 3 aromatic heterocycles. The molecule has 0 atom stereocenters. The molecule has 0 aliphatic carbocycles. The highest BCUT2D eigenvalue weighted by Crippen LogP contribution is 2.38. The molecule has 154 valence electrons. The Kier molecular flexibility index (Phi) is 5.23. The molecule has 0 amide bonds. The average Bonchev–Trinajstić information content (AvgIpc) is 3.50. The summed E-state index contributed by atoms with van der Waals surface area (Å²) in [6, 6.07) is 10.2. The minimum atomic E-state index is 0.514. The van der Waals surface area contributed by atoms with Gasteiger partial charge in [-0.1, -0.05) is 35.5 Å². The van der Waals surface area contributed by atoms with Gasteiger partial charge in [0, 0.05) is 29.1 Å². The highest BCUT2D eigenvalue weighted by molar-refractivity contribution is 7.10. The number of likely N-dealkylation sites (tertiary alicyclic amines) is 1. The van der Waals surface area contributed by atoms with Crippen molar-refractivity contribution in [2.45, 2.75) is 39.2 Å². The first-order chi connectivity index (χ1) is 14.7. The third-order valence-corrected chi connectivity index (χ3v) is 6.94. The zero-order chi connectivity index (χ0) is 20.5. The zero-order valence-electron chi connectivity index (χ0n) is 17.3. The van der Waals surface area contributed by atoms with Crippen molar-refractivity contribution in [3.05, 3.63) is 64.2 Å². The molecule has 1 aliphatic rings. The van der Waals surface area contributed by atoms with E-state index in [1.165, 1.54) is 10.7 Å². The summed E-state index contributed by atoms with van der Waals surface area (Å²) in [5.41, 5.74) is 6.23. The number of thiazole rings is 1. The van der Waals surface area contributed by atoms with Crippen LogP contribution in [-0.4, -0.2) is 38.1 Å². The first kappa shape index (κ1) is 19.2. The maximum atomic E-state index is 5.53. The van der Waals surface area contributed by atoms with Crippen molar-refractivity contribution >= 4 is 11.3 Å². The predicted molar refractivity (Wildman–Crippen MR) is 118 cm³/mol. The van der Waals surface area contributed by atoms with Crippen LogP contribution in [0.25, 0.3) is 22.5 Å². The van der Waals surface area contributed by atoms with Crippen molar-refractivity contribution in [1.29, 1.82) is 0 Å². The molecule has 5 rings (SSSR count). The normalized spacial score (nSPS) is 15.7. The lowest BCUT2D eigenvalue weighted by Crippen LogP contribution is -2.32. The molecule has 1 fully saturated rings. The van der Waals surface area contributed by atoms with Crippen LogP contribution >= 0.6 is 11.3 Å². The van der Waals surface area contributed by atoms with Crippen molar-refractivity contribution in [3.63, 3.8) is 0 Å². The standard InChI is InChI=1S/C23H25N5OS/c1-15-19(25-14-24-15)12-28-10-8-18(9-11-28)23-26-20(13-30-23)21-16(2)29-27-22(21)17-6-4-3-5-7-17/h3-7,13-14,18H,8-12H2,1-2H3,(H,24,25). The first-order valence-electron chi connectivity index (χ1n) is 10.4. The number of nitrogens with zero attached hydrogens (tertiary/aromatic N) is 4. The Morgan fingerprint density at radius 1 is 1.17 bits per heavy atom. The SMILES string of the molecule is Cc1[nH]cnc1CN1CCC(c2nc(-c3c(-c4ccccc4)noc3C)cs2)CC1. The number of H-pyrrole nitrogens is 1. The van der Waals surface area contributed by atoms with Gasteiger partial charge in [-0.3, -0.25) is 4.90 Å². The van der Waals surface area contributed by atoms with Gasteiger partial charge in [0.2, 0.25) is 0 Å². The van der Waals surface area contributed by atoms with E-state index in [-0.39, 0.29) is 0 Å². The van der Waals surface area contributed by atoms with E-state index in [4.69, 9.17) is 9.51 Å². The molecule has 1 aliphatic heterocycles. The van der Waals surface area contributed by atoms with E-state index in [1.807, 2.05) is 25.1 Å². The van der Waals surface area contributed by atoms with Crippen LogP contribution in [0.15, 0.2) is 46.6 Å². The fraction of sp³-hybridized carbons (Fsp3) is 0.348.